The molecule has 0 amide bonds. The molecule has 0 atom stereocenters. The van der Waals surface area contributed by atoms with Crippen molar-refractivity contribution >= 4 is 17.3 Å². The van der Waals surface area contributed by atoms with Crippen LogP contribution in [0.2, 0.25) is 0 Å². The number of carbonyl (C=O) groups is 1. The normalized spacial score (nSPS) is 10.6. The number of H-pyrrole nitrogens is 1. The Morgan fingerprint density at radius 2 is 2.31 bits per heavy atom. The number of fused-ring (bicyclic) bond motifs is 1. The number of pyridine rings is 1. The maximum absolute atomic E-state index is 13.6. The highest BCUT2D eigenvalue weighted by Gasteiger charge is 2.11. The summed E-state index contributed by atoms with van der Waals surface area (Å²) in [4.78, 5) is 31.8. The summed E-state index contributed by atoms with van der Waals surface area (Å²) in [5.74, 6) is -0.847. The fraction of sp³-hybridized carbons (Fsp3) is 0.200. The van der Waals surface area contributed by atoms with E-state index in [9.17, 15) is 14.0 Å². The summed E-state index contributed by atoms with van der Waals surface area (Å²) in [6.07, 6.45) is 2.00. The first-order valence-electron chi connectivity index (χ1n) is 4.70. The van der Waals surface area contributed by atoms with Crippen molar-refractivity contribution in [2.24, 2.45) is 0 Å². The molecule has 0 radical (unpaired) electrons. The summed E-state index contributed by atoms with van der Waals surface area (Å²) in [5, 5.41) is 0. The Bertz CT molecular complexity index is 621. The predicted octanol–water partition coefficient (Wildman–Crippen LogP) is 0.832. The zero-order valence-corrected chi connectivity index (χ0v) is 8.45. The van der Waals surface area contributed by atoms with Gasteiger partial charge in [0.05, 0.1) is 6.20 Å². The maximum Gasteiger partial charge on any atom is 0.270 e. The number of carbonyl (C=O) groups excluding carboxylic acids is 1. The van der Waals surface area contributed by atoms with Gasteiger partial charge in [-0.2, -0.15) is 0 Å². The smallest absolute Gasteiger partial charge is 0.270 e. The summed E-state index contributed by atoms with van der Waals surface area (Å²) in [5.41, 5.74) is -0.322. The number of aryl methyl sites for hydroxylation is 1. The van der Waals surface area contributed by atoms with Crippen molar-refractivity contribution < 1.29 is 9.18 Å². The number of aromatic nitrogens is 3. The van der Waals surface area contributed by atoms with Gasteiger partial charge < -0.3 is 4.98 Å². The topological polar surface area (TPSA) is 75.7 Å². The number of aldehydes is 1. The molecule has 0 bridgehead atoms. The largest absolute Gasteiger partial charge is 0.316 e. The van der Waals surface area contributed by atoms with Crippen molar-refractivity contribution in [1.29, 1.82) is 0 Å². The highest BCUT2D eigenvalue weighted by atomic mass is 19.1. The molecule has 2 heterocycles. The van der Waals surface area contributed by atoms with Crippen molar-refractivity contribution in [3.63, 3.8) is 0 Å². The Hall–Kier alpha value is -2.11. The molecule has 0 aliphatic rings. The van der Waals surface area contributed by atoms with Crippen LogP contribution in [0, 0.1) is 5.82 Å². The minimum Gasteiger partial charge on any atom is -0.316 e. The molecule has 0 aliphatic carbocycles. The third kappa shape index (κ3) is 1.48. The Labute approximate surface area is 89.4 Å². The summed E-state index contributed by atoms with van der Waals surface area (Å²) in [7, 11) is 0. The second-order valence-corrected chi connectivity index (χ2v) is 3.20. The number of halogens is 1. The Balaban J connectivity index is 2.86. The Kier molecular flexibility index (Phi) is 2.47. The van der Waals surface area contributed by atoms with Crippen molar-refractivity contribution in [3.8, 4) is 0 Å². The number of hydrogen-bond acceptors (Lipinski definition) is 4. The molecule has 0 unspecified atom stereocenters. The summed E-state index contributed by atoms with van der Waals surface area (Å²) < 4.78 is 13.6. The van der Waals surface area contributed by atoms with Crippen LogP contribution in [-0.4, -0.2) is 21.2 Å². The van der Waals surface area contributed by atoms with Crippen LogP contribution in [-0.2, 0) is 6.42 Å². The van der Waals surface area contributed by atoms with E-state index in [2.05, 4.69) is 15.0 Å². The van der Waals surface area contributed by atoms with E-state index in [0.717, 1.165) is 0 Å². The standard InChI is InChI=1S/C10H8FN3O2/c1-2-5-10(16)14-9-6(13-5)3-12-7(4-15)8(9)11/h3-4H,2H2,1H3,(H,14,16). The van der Waals surface area contributed by atoms with E-state index in [-0.39, 0.29) is 16.7 Å². The van der Waals surface area contributed by atoms with Gasteiger partial charge in [-0.05, 0) is 6.42 Å². The third-order valence-electron chi connectivity index (χ3n) is 2.23. The second kappa shape index (κ2) is 3.80. The average molecular weight is 221 g/mol. The van der Waals surface area contributed by atoms with Crippen LogP contribution in [0.4, 0.5) is 4.39 Å². The highest BCUT2D eigenvalue weighted by Crippen LogP contribution is 2.13. The van der Waals surface area contributed by atoms with Crippen molar-refractivity contribution in [1.82, 2.24) is 15.0 Å². The quantitative estimate of drug-likeness (QED) is 0.762. The first kappa shape index (κ1) is 10.4. The van der Waals surface area contributed by atoms with Crippen LogP contribution in [0.5, 0.6) is 0 Å². The molecule has 2 aromatic heterocycles. The molecule has 2 rings (SSSR count). The molecular weight excluding hydrogens is 213 g/mol. The lowest BCUT2D eigenvalue weighted by Gasteiger charge is -2.02. The monoisotopic (exact) mass is 221 g/mol. The lowest BCUT2D eigenvalue weighted by molar-refractivity contribution is 0.111. The van der Waals surface area contributed by atoms with Crippen molar-refractivity contribution in [2.45, 2.75) is 13.3 Å². The average Bonchev–Trinajstić information content (AvgIpc) is 2.30. The van der Waals surface area contributed by atoms with Gasteiger partial charge in [0.25, 0.3) is 5.56 Å². The first-order chi connectivity index (χ1) is 7.67. The Morgan fingerprint density at radius 3 is 2.94 bits per heavy atom. The van der Waals surface area contributed by atoms with E-state index in [1.165, 1.54) is 6.20 Å². The number of nitrogens with one attached hydrogen (secondary N) is 1. The van der Waals surface area contributed by atoms with E-state index in [4.69, 9.17) is 0 Å². The zero-order valence-electron chi connectivity index (χ0n) is 8.45. The summed E-state index contributed by atoms with van der Waals surface area (Å²) in [6, 6.07) is 0. The van der Waals surface area contributed by atoms with E-state index in [1.807, 2.05) is 0 Å². The fourth-order valence-corrected chi connectivity index (χ4v) is 1.40. The van der Waals surface area contributed by atoms with Crippen LogP contribution in [0.25, 0.3) is 11.0 Å². The van der Waals surface area contributed by atoms with Crippen LogP contribution in [0.3, 0.4) is 0 Å². The molecule has 82 valence electrons. The molecule has 0 spiro atoms. The number of rotatable bonds is 2. The predicted molar refractivity (Wildman–Crippen MR) is 54.9 cm³/mol. The van der Waals surface area contributed by atoms with Gasteiger partial charge in [0.2, 0.25) is 0 Å². The zero-order chi connectivity index (χ0) is 11.7. The first-order valence-corrected chi connectivity index (χ1v) is 4.70. The van der Waals surface area contributed by atoms with E-state index in [1.54, 1.807) is 6.92 Å². The van der Waals surface area contributed by atoms with E-state index >= 15 is 0 Å². The molecule has 0 aliphatic heterocycles. The van der Waals surface area contributed by atoms with Gasteiger partial charge in [0, 0.05) is 0 Å². The number of hydrogen-bond donors (Lipinski definition) is 1. The minimum atomic E-state index is -0.847. The van der Waals surface area contributed by atoms with Crippen LogP contribution >= 0.6 is 0 Å². The van der Waals surface area contributed by atoms with E-state index < -0.39 is 11.4 Å². The minimum absolute atomic E-state index is 0.0840. The molecule has 1 N–H and O–H groups in total. The molecule has 2 aromatic rings. The molecule has 0 saturated carbocycles. The summed E-state index contributed by atoms with van der Waals surface area (Å²) in [6.45, 7) is 1.77. The number of nitrogens with zero attached hydrogens (tertiary/aromatic N) is 2. The molecular formula is C10H8FN3O2. The molecule has 0 saturated heterocycles. The molecule has 6 heteroatoms. The van der Waals surface area contributed by atoms with Gasteiger partial charge in [0.1, 0.15) is 22.4 Å². The van der Waals surface area contributed by atoms with Gasteiger partial charge in [-0.15, -0.1) is 0 Å². The second-order valence-electron chi connectivity index (χ2n) is 3.20. The van der Waals surface area contributed by atoms with Crippen LogP contribution < -0.4 is 5.56 Å². The molecule has 16 heavy (non-hydrogen) atoms. The Morgan fingerprint density at radius 1 is 1.56 bits per heavy atom. The van der Waals surface area contributed by atoms with Gasteiger partial charge in [-0.3, -0.25) is 9.59 Å². The molecule has 0 aromatic carbocycles. The van der Waals surface area contributed by atoms with E-state index in [0.29, 0.717) is 18.4 Å². The van der Waals surface area contributed by atoms with Gasteiger partial charge in [-0.25, -0.2) is 14.4 Å². The maximum atomic E-state index is 13.6. The molecule has 0 fully saturated rings. The van der Waals surface area contributed by atoms with Crippen LogP contribution in [0.15, 0.2) is 11.0 Å². The van der Waals surface area contributed by atoms with Crippen molar-refractivity contribution in [2.75, 3.05) is 0 Å². The summed E-state index contributed by atoms with van der Waals surface area (Å²) >= 11 is 0. The lowest BCUT2D eigenvalue weighted by atomic mass is 10.2. The SMILES string of the molecule is CCc1nc2cnc(C=O)c(F)c2[nH]c1=O. The number of aromatic amines is 1. The third-order valence-corrected chi connectivity index (χ3v) is 2.23. The fourth-order valence-electron chi connectivity index (χ4n) is 1.40. The van der Waals surface area contributed by atoms with Crippen LogP contribution in [0.1, 0.15) is 23.1 Å². The highest BCUT2D eigenvalue weighted by molar-refractivity contribution is 5.82. The van der Waals surface area contributed by atoms with Gasteiger partial charge in [-0.1, -0.05) is 6.92 Å². The molecule has 5 nitrogen and oxygen atoms in total. The lowest BCUT2D eigenvalue weighted by Crippen LogP contribution is -2.15. The van der Waals surface area contributed by atoms with Gasteiger partial charge in [0.15, 0.2) is 12.1 Å². The van der Waals surface area contributed by atoms with Gasteiger partial charge >= 0.3 is 0 Å². The van der Waals surface area contributed by atoms with Crippen molar-refractivity contribution in [3.05, 3.63) is 33.8 Å².